The topological polar surface area (TPSA) is 88.3 Å². The van der Waals surface area contributed by atoms with Crippen LogP contribution in [0.2, 0.25) is 0 Å². The third-order valence-electron chi connectivity index (χ3n) is 4.78. The number of rotatable bonds is 6. The van der Waals surface area contributed by atoms with Crippen LogP contribution in [-0.2, 0) is 10.0 Å². The van der Waals surface area contributed by atoms with Gasteiger partial charge in [-0.15, -0.1) is 0 Å². The Morgan fingerprint density at radius 3 is 2.38 bits per heavy atom. The molecule has 1 aliphatic heterocycles. The second-order valence-corrected chi connectivity index (χ2v) is 8.78. The van der Waals surface area contributed by atoms with Crippen molar-refractivity contribution in [3.05, 3.63) is 42.0 Å². The van der Waals surface area contributed by atoms with Crippen LogP contribution in [0.5, 0.6) is 0 Å². The molecular weight excluding hydrogens is 352 g/mol. The summed E-state index contributed by atoms with van der Waals surface area (Å²) < 4.78 is 33.1. The summed E-state index contributed by atoms with van der Waals surface area (Å²) in [4.78, 5) is 7.04. The van der Waals surface area contributed by atoms with E-state index in [9.17, 15) is 8.42 Å². The predicted octanol–water partition coefficient (Wildman–Crippen LogP) is 2.70. The van der Waals surface area contributed by atoms with Crippen molar-refractivity contribution in [1.29, 1.82) is 0 Å². The lowest BCUT2D eigenvalue weighted by Gasteiger charge is -2.34. The molecule has 1 aromatic heterocycles. The summed E-state index contributed by atoms with van der Waals surface area (Å²) in [5, 5.41) is 4.02. The van der Waals surface area contributed by atoms with E-state index in [1.807, 2.05) is 20.8 Å². The Hall–Kier alpha value is -1.77. The van der Waals surface area contributed by atoms with Gasteiger partial charge in [0.05, 0.1) is 10.9 Å². The molecule has 1 atom stereocenters. The zero-order chi connectivity index (χ0) is 18.7. The fourth-order valence-electron chi connectivity index (χ4n) is 3.10. The average Bonchev–Trinajstić information content (AvgIpc) is 3.13. The molecule has 0 amide bonds. The molecule has 0 spiro atoms. The Morgan fingerprint density at radius 2 is 1.81 bits per heavy atom. The SMILES string of the molecule is CC(C)c1noc(C(C)N2CCC(NS(=O)(=O)c3ccccc3)CC2)n1. The molecule has 0 radical (unpaired) electrons. The standard InChI is InChI=1S/C18H26N4O3S/c1-13(2)17-19-18(25-20-17)14(3)22-11-9-15(10-12-22)21-26(23,24)16-7-5-4-6-8-16/h4-8,13-15,21H,9-12H2,1-3H3. The van der Waals surface area contributed by atoms with E-state index < -0.39 is 10.0 Å². The van der Waals surface area contributed by atoms with Gasteiger partial charge in [-0.2, -0.15) is 4.98 Å². The van der Waals surface area contributed by atoms with Crippen LogP contribution in [0.25, 0.3) is 0 Å². The summed E-state index contributed by atoms with van der Waals surface area (Å²) in [6.07, 6.45) is 1.50. The number of hydrogen-bond acceptors (Lipinski definition) is 6. The van der Waals surface area contributed by atoms with Crippen molar-refractivity contribution in [3.63, 3.8) is 0 Å². The highest BCUT2D eigenvalue weighted by molar-refractivity contribution is 7.89. The Kier molecular flexibility index (Phi) is 5.74. The van der Waals surface area contributed by atoms with Crippen LogP contribution in [-0.4, -0.2) is 42.6 Å². The molecule has 8 heteroatoms. The number of nitrogens with one attached hydrogen (secondary N) is 1. The van der Waals surface area contributed by atoms with E-state index in [1.165, 1.54) is 0 Å². The molecule has 0 saturated carbocycles. The van der Waals surface area contributed by atoms with Crippen LogP contribution in [0, 0.1) is 0 Å². The Bertz CT molecular complexity index is 812. The fraction of sp³-hybridized carbons (Fsp3) is 0.556. The van der Waals surface area contributed by atoms with Gasteiger partial charge < -0.3 is 4.52 Å². The lowest BCUT2D eigenvalue weighted by molar-refractivity contribution is 0.134. The molecule has 2 heterocycles. The fourth-order valence-corrected chi connectivity index (χ4v) is 4.43. The molecule has 3 rings (SSSR count). The third-order valence-corrected chi connectivity index (χ3v) is 6.32. The third kappa shape index (κ3) is 4.31. The molecule has 1 fully saturated rings. The zero-order valence-electron chi connectivity index (χ0n) is 15.4. The molecular formula is C18H26N4O3S. The lowest BCUT2D eigenvalue weighted by atomic mass is 10.0. The normalized spacial score (nSPS) is 18.3. The van der Waals surface area contributed by atoms with Crippen LogP contribution >= 0.6 is 0 Å². The molecule has 0 aliphatic carbocycles. The molecule has 142 valence electrons. The van der Waals surface area contributed by atoms with Gasteiger partial charge in [0.1, 0.15) is 0 Å². The molecule has 1 unspecified atom stereocenters. The molecule has 7 nitrogen and oxygen atoms in total. The maximum absolute atomic E-state index is 12.4. The van der Waals surface area contributed by atoms with E-state index in [0.29, 0.717) is 10.8 Å². The molecule has 1 aromatic carbocycles. The Labute approximate surface area is 154 Å². The number of nitrogens with zero attached hydrogens (tertiary/aromatic N) is 3. The smallest absolute Gasteiger partial charge is 0.243 e. The summed E-state index contributed by atoms with van der Waals surface area (Å²) in [5.41, 5.74) is 0. The van der Waals surface area contributed by atoms with Gasteiger partial charge >= 0.3 is 0 Å². The van der Waals surface area contributed by atoms with Crippen molar-refractivity contribution < 1.29 is 12.9 Å². The van der Waals surface area contributed by atoms with Crippen molar-refractivity contribution in [2.45, 2.75) is 56.5 Å². The van der Waals surface area contributed by atoms with Crippen molar-refractivity contribution in [2.75, 3.05) is 13.1 Å². The van der Waals surface area contributed by atoms with Gasteiger partial charge in [0.15, 0.2) is 5.82 Å². The Morgan fingerprint density at radius 1 is 1.15 bits per heavy atom. The van der Waals surface area contributed by atoms with Crippen LogP contribution in [0.4, 0.5) is 0 Å². The van der Waals surface area contributed by atoms with E-state index >= 15 is 0 Å². The first-order valence-corrected chi connectivity index (χ1v) is 10.5. The average molecular weight is 378 g/mol. The first kappa shape index (κ1) is 19.0. The van der Waals surface area contributed by atoms with Gasteiger partial charge in [-0.05, 0) is 31.9 Å². The van der Waals surface area contributed by atoms with Crippen LogP contribution in [0.1, 0.15) is 57.3 Å². The van der Waals surface area contributed by atoms with Crippen LogP contribution < -0.4 is 4.72 Å². The van der Waals surface area contributed by atoms with Gasteiger partial charge in [-0.3, -0.25) is 4.90 Å². The number of piperidine rings is 1. The van der Waals surface area contributed by atoms with Gasteiger partial charge in [0, 0.05) is 25.0 Å². The minimum absolute atomic E-state index is 0.0293. The maximum atomic E-state index is 12.4. The molecule has 2 aromatic rings. The quantitative estimate of drug-likeness (QED) is 0.831. The van der Waals surface area contributed by atoms with Gasteiger partial charge in [0.25, 0.3) is 0 Å². The summed E-state index contributed by atoms with van der Waals surface area (Å²) >= 11 is 0. The van der Waals surface area contributed by atoms with E-state index in [2.05, 4.69) is 19.8 Å². The lowest BCUT2D eigenvalue weighted by Crippen LogP contribution is -2.45. The molecule has 1 aliphatic rings. The summed E-state index contributed by atoms with van der Waals surface area (Å²) in [7, 11) is -3.47. The predicted molar refractivity (Wildman–Crippen MR) is 98.2 cm³/mol. The van der Waals surface area contributed by atoms with Gasteiger partial charge in [-0.25, -0.2) is 13.1 Å². The largest absolute Gasteiger partial charge is 0.338 e. The second kappa shape index (κ2) is 7.85. The molecule has 26 heavy (non-hydrogen) atoms. The molecule has 1 N–H and O–H groups in total. The highest BCUT2D eigenvalue weighted by Gasteiger charge is 2.29. The van der Waals surface area contributed by atoms with Crippen molar-refractivity contribution in [3.8, 4) is 0 Å². The second-order valence-electron chi connectivity index (χ2n) is 7.07. The number of likely N-dealkylation sites (tertiary alicyclic amines) is 1. The number of hydrogen-bond donors (Lipinski definition) is 1. The van der Waals surface area contributed by atoms with Crippen molar-refractivity contribution in [2.24, 2.45) is 0 Å². The highest BCUT2D eigenvalue weighted by Crippen LogP contribution is 2.25. The van der Waals surface area contributed by atoms with Crippen molar-refractivity contribution >= 4 is 10.0 Å². The molecule has 1 saturated heterocycles. The van der Waals surface area contributed by atoms with Gasteiger partial charge in [-0.1, -0.05) is 37.2 Å². The van der Waals surface area contributed by atoms with Crippen molar-refractivity contribution in [1.82, 2.24) is 19.8 Å². The maximum Gasteiger partial charge on any atom is 0.243 e. The summed E-state index contributed by atoms with van der Waals surface area (Å²) in [5.74, 6) is 1.58. The minimum atomic E-state index is -3.47. The van der Waals surface area contributed by atoms with E-state index in [4.69, 9.17) is 4.52 Å². The van der Waals surface area contributed by atoms with Gasteiger partial charge in [0.2, 0.25) is 15.9 Å². The van der Waals surface area contributed by atoms with E-state index in [1.54, 1.807) is 30.3 Å². The number of sulfonamides is 1. The van der Waals surface area contributed by atoms with E-state index in [-0.39, 0.29) is 18.0 Å². The highest BCUT2D eigenvalue weighted by atomic mass is 32.2. The summed E-state index contributed by atoms with van der Waals surface area (Å²) in [6.45, 7) is 7.67. The minimum Gasteiger partial charge on any atom is -0.338 e. The Balaban J connectivity index is 1.57. The number of benzene rings is 1. The molecule has 0 bridgehead atoms. The number of aromatic nitrogens is 2. The van der Waals surface area contributed by atoms with Crippen LogP contribution in [0.3, 0.4) is 0 Å². The first-order chi connectivity index (χ1) is 12.4. The zero-order valence-corrected chi connectivity index (χ0v) is 16.2. The summed E-state index contributed by atoms with van der Waals surface area (Å²) in [6, 6.07) is 8.46. The first-order valence-electron chi connectivity index (χ1n) is 9.02. The van der Waals surface area contributed by atoms with Crippen LogP contribution in [0.15, 0.2) is 39.8 Å². The monoisotopic (exact) mass is 378 g/mol. The van der Waals surface area contributed by atoms with E-state index in [0.717, 1.165) is 31.8 Å².